The van der Waals surface area contributed by atoms with Crippen molar-refractivity contribution in [2.75, 3.05) is 19.0 Å². The van der Waals surface area contributed by atoms with Crippen LogP contribution >= 0.6 is 0 Å². The zero-order chi connectivity index (χ0) is 12.0. The summed E-state index contributed by atoms with van der Waals surface area (Å²) in [6.07, 6.45) is 0.277. The molecule has 5 heteroatoms. The van der Waals surface area contributed by atoms with Crippen molar-refractivity contribution >= 4 is 17.6 Å². The summed E-state index contributed by atoms with van der Waals surface area (Å²) in [4.78, 5) is 21.6. The van der Waals surface area contributed by atoms with Crippen molar-refractivity contribution in [3.8, 4) is 0 Å². The van der Waals surface area contributed by atoms with E-state index in [0.717, 1.165) is 5.69 Å². The van der Waals surface area contributed by atoms with Crippen LogP contribution in [0.3, 0.4) is 0 Å². The second kappa shape index (κ2) is 5.75. The van der Waals surface area contributed by atoms with Gasteiger partial charge in [-0.1, -0.05) is 0 Å². The van der Waals surface area contributed by atoms with Crippen LogP contribution in [0.15, 0.2) is 24.3 Å². The van der Waals surface area contributed by atoms with Crippen LogP contribution in [0.1, 0.15) is 16.8 Å². The largest absolute Gasteiger partial charge is 0.465 e. The molecule has 0 fully saturated rings. The first kappa shape index (κ1) is 12.0. The number of methoxy groups -OCH3 is 1. The van der Waals surface area contributed by atoms with Crippen molar-refractivity contribution in [2.24, 2.45) is 5.73 Å². The van der Waals surface area contributed by atoms with Gasteiger partial charge in [0.15, 0.2) is 0 Å². The molecule has 0 saturated heterocycles. The molecular formula is C11H14N2O3. The molecular weight excluding hydrogens is 208 g/mol. The number of esters is 1. The van der Waals surface area contributed by atoms with E-state index in [0.29, 0.717) is 12.1 Å². The lowest BCUT2D eigenvalue weighted by Gasteiger charge is -2.05. The standard InChI is InChI=1S/C11H14N2O3/c1-16-11(15)8-2-4-9(5-3-8)13-7-6-10(12)14/h2-5,13H,6-7H2,1H3,(H2,12,14). The molecule has 0 bridgehead atoms. The Morgan fingerprint density at radius 1 is 1.31 bits per heavy atom. The van der Waals surface area contributed by atoms with E-state index in [4.69, 9.17) is 5.73 Å². The maximum absolute atomic E-state index is 11.1. The summed E-state index contributed by atoms with van der Waals surface area (Å²) in [5.74, 6) is -0.720. The molecule has 5 nitrogen and oxygen atoms in total. The summed E-state index contributed by atoms with van der Waals surface area (Å²) in [7, 11) is 1.33. The van der Waals surface area contributed by atoms with E-state index in [9.17, 15) is 9.59 Å². The molecule has 0 aliphatic rings. The number of ether oxygens (including phenoxy) is 1. The summed E-state index contributed by atoms with van der Waals surface area (Å²) in [6, 6.07) is 6.79. The van der Waals surface area contributed by atoms with Gasteiger partial charge in [-0.2, -0.15) is 0 Å². The molecule has 16 heavy (non-hydrogen) atoms. The van der Waals surface area contributed by atoms with Gasteiger partial charge in [0.2, 0.25) is 5.91 Å². The van der Waals surface area contributed by atoms with Crippen molar-refractivity contribution in [1.29, 1.82) is 0 Å². The van der Waals surface area contributed by atoms with E-state index in [2.05, 4.69) is 10.1 Å². The Morgan fingerprint density at radius 3 is 2.44 bits per heavy atom. The SMILES string of the molecule is COC(=O)c1ccc(NCCC(N)=O)cc1. The predicted molar refractivity (Wildman–Crippen MR) is 60.1 cm³/mol. The fourth-order valence-corrected chi connectivity index (χ4v) is 1.17. The minimum absolute atomic E-state index is 0.277. The second-order valence-electron chi connectivity index (χ2n) is 3.21. The molecule has 0 aliphatic carbocycles. The van der Waals surface area contributed by atoms with Gasteiger partial charge in [-0.15, -0.1) is 0 Å². The zero-order valence-corrected chi connectivity index (χ0v) is 9.03. The molecule has 0 radical (unpaired) electrons. The first-order chi connectivity index (χ1) is 7.63. The van der Waals surface area contributed by atoms with Crippen LogP contribution in [0.4, 0.5) is 5.69 Å². The van der Waals surface area contributed by atoms with E-state index >= 15 is 0 Å². The number of carbonyl (C=O) groups excluding carboxylic acids is 2. The fourth-order valence-electron chi connectivity index (χ4n) is 1.17. The third-order valence-electron chi connectivity index (χ3n) is 2.01. The number of primary amides is 1. The van der Waals surface area contributed by atoms with Gasteiger partial charge in [0.25, 0.3) is 0 Å². The van der Waals surface area contributed by atoms with Gasteiger partial charge < -0.3 is 15.8 Å². The number of rotatable bonds is 5. The third-order valence-corrected chi connectivity index (χ3v) is 2.01. The number of nitrogens with one attached hydrogen (secondary N) is 1. The molecule has 0 heterocycles. The minimum Gasteiger partial charge on any atom is -0.465 e. The Bertz CT molecular complexity index is 373. The molecule has 0 atom stereocenters. The van der Waals surface area contributed by atoms with Crippen molar-refractivity contribution in [3.63, 3.8) is 0 Å². The number of amides is 1. The summed E-state index contributed by atoms with van der Waals surface area (Å²) >= 11 is 0. The molecule has 0 saturated carbocycles. The van der Waals surface area contributed by atoms with Crippen LogP contribution in [0.5, 0.6) is 0 Å². The third kappa shape index (κ3) is 3.61. The Morgan fingerprint density at radius 2 is 1.94 bits per heavy atom. The molecule has 1 amide bonds. The van der Waals surface area contributed by atoms with Crippen LogP contribution in [-0.2, 0) is 9.53 Å². The molecule has 0 aliphatic heterocycles. The molecule has 3 N–H and O–H groups in total. The van der Waals surface area contributed by atoms with E-state index in [1.54, 1.807) is 24.3 Å². The number of benzene rings is 1. The Kier molecular flexibility index (Phi) is 4.32. The topological polar surface area (TPSA) is 81.4 Å². The lowest BCUT2D eigenvalue weighted by Crippen LogP contribution is -2.15. The fraction of sp³-hybridized carbons (Fsp3) is 0.273. The van der Waals surface area contributed by atoms with Crippen LogP contribution < -0.4 is 11.1 Å². The van der Waals surface area contributed by atoms with E-state index < -0.39 is 0 Å². The summed E-state index contributed by atoms with van der Waals surface area (Å²) in [6.45, 7) is 0.479. The number of hydrogen-bond donors (Lipinski definition) is 2. The average Bonchev–Trinajstić information content (AvgIpc) is 2.28. The molecule has 0 aromatic heterocycles. The van der Waals surface area contributed by atoms with Gasteiger partial charge >= 0.3 is 5.97 Å². The normalized spacial score (nSPS) is 9.56. The quantitative estimate of drug-likeness (QED) is 0.721. The highest BCUT2D eigenvalue weighted by molar-refractivity contribution is 5.89. The van der Waals surface area contributed by atoms with Crippen molar-refractivity contribution in [1.82, 2.24) is 0 Å². The molecule has 1 rings (SSSR count). The van der Waals surface area contributed by atoms with Crippen LogP contribution in [0.25, 0.3) is 0 Å². The molecule has 86 valence electrons. The Labute approximate surface area is 93.6 Å². The Hall–Kier alpha value is -2.04. The van der Waals surface area contributed by atoms with Gasteiger partial charge in [0.05, 0.1) is 12.7 Å². The smallest absolute Gasteiger partial charge is 0.337 e. The van der Waals surface area contributed by atoms with Crippen LogP contribution in [0, 0.1) is 0 Å². The minimum atomic E-state index is -0.372. The maximum atomic E-state index is 11.1. The zero-order valence-electron chi connectivity index (χ0n) is 9.03. The summed E-state index contributed by atoms with van der Waals surface area (Å²) < 4.78 is 4.57. The summed E-state index contributed by atoms with van der Waals surface area (Å²) in [5, 5.41) is 3.01. The number of hydrogen-bond acceptors (Lipinski definition) is 4. The van der Waals surface area contributed by atoms with E-state index in [1.807, 2.05) is 0 Å². The predicted octanol–water partition coefficient (Wildman–Crippen LogP) is 0.760. The molecule has 1 aromatic rings. The lowest BCUT2D eigenvalue weighted by atomic mass is 10.2. The molecule has 0 unspecified atom stereocenters. The number of carbonyl (C=O) groups is 2. The number of anilines is 1. The molecule has 0 spiro atoms. The summed E-state index contributed by atoms with van der Waals surface area (Å²) in [5.41, 5.74) is 6.31. The van der Waals surface area contributed by atoms with Crippen molar-refractivity contribution < 1.29 is 14.3 Å². The van der Waals surface area contributed by atoms with Gasteiger partial charge in [-0.05, 0) is 24.3 Å². The van der Waals surface area contributed by atoms with Gasteiger partial charge in [-0.25, -0.2) is 4.79 Å². The maximum Gasteiger partial charge on any atom is 0.337 e. The average molecular weight is 222 g/mol. The van der Waals surface area contributed by atoms with Gasteiger partial charge in [0, 0.05) is 18.7 Å². The van der Waals surface area contributed by atoms with Crippen LogP contribution in [0.2, 0.25) is 0 Å². The highest BCUT2D eigenvalue weighted by Gasteiger charge is 2.03. The van der Waals surface area contributed by atoms with E-state index in [1.165, 1.54) is 7.11 Å². The first-order valence-corrected chi connectivity index (χ1v) is 4.84. The molecule has 1 aromatic carbocycles. The van der Waals surface area contributed by atoms with Crippen molar-refractivity contribution in [2.45, 2.75) is 6.42 Å². The Balaban J connectivity index is 2.51. The van der Waals surface area contributed by atoms with Crippen LogP contribution in [-0.4, -0.2) is 25.5 Å². The van der Waals surface area contributed by atoms with Crippen molar-refractivity contribution in [3.05, 3.63) is 29.8 Å². The lowest BCUT2D eigenvalue weighted by molar-refractivity contribution is -0.117. The first-order valence-electron chi connectivity index (χ1n) is 4.84. The second-order valence-corrected chi connectivity index (χ2v) is 3.21. The number of nitrogens with two attached hydrogens (primary N) is 1. The van der Waals surface area contributed by atoms with Gasteiger partial charge in [-0.3, -0.25) is 4.79 Å². The highest BCUT2D eigenvalue weighted by atomic mass is 16.5. The highest BCUT2D eigenvalue weighted by Crippen LogP contribution is 2.10. The van der Waals surface area contributed by atoms with E-state index in [-0.39, 0.29) is 18.3 Å². The monoisotopic (exact) mass is 222 g/mol. The van der Waals surface area contributed by atoms with Gasteiger partial charge in [0.1, 0.15) is 0 Å².